The van der Waals surface area contributed by atoms with Gasteiger partial charge in [-0.1, -0.05) is 28.1 Å². The second-order valence-corrected chi connectivity index (χ2v) is 5.20. The summed E-state index contributed by atoms with van der Waals surface area (Å²) >= 11 is 3.44. The number of rotatable bonds is 4. The van der Waals surface area contributed by atoms with Crippen LogP contribution in [-0.2, 0) is 0 Å². The number of nitrogens with one attached hydrogen (secondary N) is 1. The van der Waals surface area contributed by atoms with E-state index in [-0.39, 0.29) is 5.91 Å². The van der Waals surface area contributed by atoms with Crippen molar-refractivity contribution in [1.82, 2.24) is 0 Å². The van der Waals surface area contributed by atoms with Gasteiger partial charge in [-0.25, -0.2) is 0 Å². The fourth-order valence-corrected chi connectivity index (χ4v) is 2.10. The van der Waals surface area contributed by atoms with Gasteiger partial charge in [-0.05, 0) is 49.7 Å². The van der Waals surface area contributed by atoms with Gasteiger partial charge in [0, 0.05) is 10.2 Å². The molecule has 0 saturated carbocycles. The molecular weight excluding hydrogens is 318 g/mol. The molecule has 3 nitrogen and oxygen atoms in total. The number of benzene rings is 2. The smallest absolute Gasteiger partial charge is 0.259 e. The van der Waals surface area contributed by atoms with Gasteiger partial charge in [-0.15, -0.1) is 0 Å². The van der Waals surface area contributed by atoms with E-state index in [4.69, 9.17) is 4.74 Å². The zero-order chi connectivity index (χ0) is 14.5. The van der Waals surface area contributed by atoms with Crippen LogP contribution in [0.1, 0.15) is 22.8 Å². The van der Waals surface area contributed by atoms with E-state index < -0.39 is 0 Å². The maximum Gasteiger partial charge on any atom is 0.259 e. The van der Waals surface area contributed by atoms with Gasteiger partial charge in [0.25, 0.3) is 5.91 Å². The topological polar surface area (TPSA) is 38.3 Å². The molecule has 0 aliphatic carbocycles. The fourth-order valence-electron chi connectivity index (χ4n) is 1.86. The Morgan fingerprint density at radius 3 is 2.70 bits per heavy atom. The summed E-state index contributed by atoms with van der Waals surface area (Å²) < 4.78 is 6.49. The van der Waals surface area contributed by atoms with Gasteiger partial charge >= 0.3 is 0 Å². The maximum atomic E-state index is 12.3. The van der Waals surface area contributed by atoms with Crippen molar-refractivity contribution in [2.45, 2.75) is 13.8 Å². The van der Waals surface area contributed by atoms with Gasteiger partial charge < -0.3 is 10.1 Å². The summed E-state index contributed by atoms with van der Waals surface area (Å²) in [5.74, 6) is 0.428. The van der Waals surface area contributed by atoms with Crippen LogP contribution in [-0.4, -0.2) is 12.5 Å². The average Bonchev–Trinajstić information content (AvgIpc) is 2.44. The molecule has 0 heterocycles. The molecule has 0 unspecified atom stereocenters. The van der Waals surface area contributed by atoms with Crippen LogP contribution in [0, 0.1) is 6.92 Å². The first-order chi connectivity index (χ1) is 9.61. The molecule has 0 fully saturated rings. The molecule has 2 aromatic rings. The number of ether oxygens (including phenoxy) is 1. The Labute approximate surface area is 127 Å². The molecule has 0 saturated heterocycles. The van der Waals surface area contributed by atoms with E-state index in [0.717, 1.165) is 15.7 Å². The molecule has 2 aromatic carbocycles. The van der Waals surface area contributed by atoms with Crippen LogP contribution in [0.15, 0.2) is 46.9 Å². The predicted molar refractivity (Wildman–Crippen MR) is 84.4 cm³/mol. The van der Waals surface area contributed by atoms with Crippen molar-refractivity contribution in [2.75, 3.05) is 11.9 Å². The molecule has 0 radical (unpaired) electrons. The van der Waals surface area contributed by atoms with E-state index >= 15 is 0 Å². The van der Waals surface area contributed by atoms with Crippen molar-refractivity contribution in [3.05, 3.63) is 58.1 Å². The molecule has 0 atom stereocenters. The molecule has 4 heteroatoms. The van der Waals surface area contributed by atoms with Crippen LogP contribution in [0.2, 0.25) is 0 Å². The van der Waals surface area contributed by atoms with Crippen LogP contribution >= 0.6 is 15.9 Å². The van der Waals surface area contributed by atoms with Crippen LogP contribution < -0.4 is 10.1 Å². The summed E-state index contributed by atoms with van der Waals surface area (Å²) in [7, 11) is 0. The lowest BCUT2D eigenvalue weighted by Crippen LogP contribution is -2.13. The molecule has 0 aliphatic heterocycles. The first-order valence-electron chi connectivity index (χ1n) is 6.41. The number of para-hydroxylation sites is 1. The second kappa shape index (κ2) is 6.57. The van der Waals surface area contributed by atoms with Crippen LogP contribution in [0.4, 0.5) is 5.69 Å². The third-order valence-corrected chi connectivity index (χ3v) is 3.74. The highest BCUT2D eigenvalue weighted by molar-refractivity contribution is 9.10. The Kier molecular flexibility index (Phi) is 4.79. The van der Waals surface area contributed by atoms with Crippen molar-refractivity contribution in [3.63, 3.8) is 0 Å². The van der Waals surface area contributed by atoms with Gasteiger partial charge in [0.15, 0.2) is 0 Å². The second-order valence-electron chi connectivity index (χ2n) is 4.35. The summed E-state index contributed by atoms with van der Waals surface area (Å²) in [6, 6.07) is 12.9. The lowest BCUT2D eigenvalue weighted by molar-refractivity contribution is 0.102. The van der Waals surface area contributed by atoms with E-state index in [1.165, 1.54) is 0 Å². The standard InChI is InChI=1S/C16H16BrNO2/c1-3-20-15-7-5-4-6-13(15)16(19)18-12-8-9-14(17)11(2)10-12/h4-10H,3H2,1-2H3,(H,18,19). The number of carbonyl (C=O) groups excluding carboxylic acids is 1. The van der Waals surface area contributed by atoms with Gasteiger partial charge in [0.05, 0.1) is 12.2 Å². The summed E-state index contributed by atoms with van der Waals surface area (Å²) in [6.07, 6.45) is 0. The first kappa shape index (κ1) is 14.6. The highest BCUT2D eigenvalue weighted by Gasteiger charge is 2.12. The van der Waals surface area contributed by atoms with Crippen molar-refractivity contribution in [1.29, 1.82) is 0 Å². The number of hydrogen-bond acceptors (Lipinski definition) is 2. The molecule has 0 bridgehead atoms. The van der Waals surface area contributed by atoms with E-state index in [9.17, 15) is 4.79 Å². The van der Waals surface area contributed by atoms with Crippen molar-refractivity contribution in [3.8, 4) is 5.75 Å². The van der Waals surface area contributed by atoms with Gasteiger partial charge in [-0.2, -0.15) is 0 Å². The van der Waals surface area contributed by atoms with Gasteiger partial charge in [0.1, 0.15) is 5.75 Å². The largest absolute Gasteiger partial charge is 0.493 e. The van der Waals surface area contributed by atoms with Crippen molar-refractivity contribution in [2.24, 2.45) is 0 Å². The minimum Gasteiger partial charge on any atom is -0.493 e. The molecule has 104 valence electrons. The predicted octanol–water partition coefficient (Wildman–Crippen LogP) is 4.41. The highest BCUT2D eigenvalue weighted by atomic mass is 79.9. The van der Waals surface area contributed by atoms with Crippen LogP contribution in [0.25, 0.3) is 0 Å². The Bertz CT molecular complexity index is 626. The minimum atomic E-state index is -0.171. The Morgan fingerprint density at radius 2 is 2.00 bits per heavy atom. The average molecular weight is 334 g/mol. The summed E-state index contributed by atoms with van der Waals surface area (Å²) in [5, 5.41) is 2.89. The maximum absolute atomic E-state index is 12.3. The molecule has 1 N–H and O–H groups in total. The number of amides is 1. The molecule has 0 spiro atoms. The van der Waals surface area contributed by atoms with Crippen LogP contribution in [0.5, 0.6) is 5.75 Å². The molecular formula is C16H16BrNO2. The highest BCUT2D eigenvalue weighted by Crippen LogP contribution is 2.22. The summed E-state index contributed by atoms with van der Waals surface area (Å²) in [4.78, 5) is 12.3. The summed E-state index contributed by atoms with van der Waals surface area (Å²) in [6.45, 7) is 4.41. The lowest BCUT2D eigenvalue weighted by atomic mass is 10.1. The molecule has 20 heavy (non-hydrogen) atoms. The Morgan fingerprint density at radius 1 is 1.25 bits per heavy atom. The molecule has 0 aromatic heterocycles. The first-order valence-corrected chi connectivity index (χ1v) is 7.20. The number of hydrogen-bond donors (Lipinski definition) is 1. The number of carbonyl (C=O) groups is 1. The lowest BCUT2D eigenvalue weighted by Gasteiger charge is -2.11. The number of halogens is 1. The van der Waals surface area contributed by atoms with Crippen LogP contribution in [0.3, 0.4) is 0 Å². The Hall–Kier alpha value is -1.81. The van der Waals surface area contributed by atoms with Crippen molar-refractivity contribution >= 4 is 27.5 Å². The van der Waals surface area contributed by atoms with Gasteiger partial charge in [-0.3, -0.25) is 4.79 Å². The fraction of sp³-hybridized carbons (Fsp3) is 0.188. The van der Waals surface area contributed by atoms with E-state index in [0.29, 0.717) is 17.9 Å². The van der Waals surface area contributed by atoms with E-state index in [2.05, 4.69) is 21.2 Å². The van der Waals surface area contributed by atoms with Crippen molar-refractivity contribution < 1.29 is 9.53 Å². The number of aryl methyl sites for hydroxylation is 1. The zero-order valence-electron chi connectivity index (χ0n) is 11.4. The third kappa shape index (κ3) is 3.39. The summed E-state index contributed by atoms with van der Waals surface area (Å²) in [5.41, 5.74) is 2.37. The molecule has 1 amide bonds. The zero-order valence-corrected chi connectivity index (χ0v) is 13.0. The Balaban J connectivity index is 2.21. The third-order valence-electron chi connectivity index (χ3n) is 2.85. The SMILES string of the molecule is CCOc1ccccc1C(=O)Nc1ccc(Br)c(C)c1. The van der Waals surface area contributed by atoms with Gasteiger partial charge in [0.2, 0.25) is 0 Å². The molecule has 2 rings (SSSR count). The number of anilines is 1. The molecule has 0 aliphatic rings. The normalized spacial score (nSPS) is 10.2. The minimum absolute atomic E-state index is 0.171. The quantitative estimate of drug-likeness (QED) is 0.899. The van der Waals surface area contributed by atoms with E-state index in [1.54, 1.807) is 12.1 Å². The van der Waals surface area contributed by atoms with E-state index in [1.807, 2.05) is 44.2 Å². The monoisotopic (exact) mass is 333 g/mol.